The lowest BCUT2D eigenvalue weighted by Crippen LogP contribution is -2.26. The Balaban J connectivity index is 2.34. The first-order valence-electron chi connectivity index (χ1n) is 6.05. The molecule has 0 heterocycles. The number of rotatable bonds is 3. The Bertz CT molecular complexity index is 368. The van der Waals surface area contributed by atoms with E-state index in [9.17, 15) is 0 Å². The van der Waals surface area contributed by atoms with Gasteiger partial charge in [-0.05, 0) is 24.8 Å². The fourth-order valence-corrected chi connectivity index (χ4v) is 2.68. The van der Waals surface area contributed by atoms with E-state index >= 15 is 0 Å². The minimum Gasteiger partial charge on any atom is -0.370 e. The van der Waals surface area contributed by atoms with E-state index in [4.69, 9.17) is 4.74 Å². The van der Waals surface area contributed by atoms with Crippen LogP contribution in [0.2, 0.25) is 0 Å². The van der Waals surface area contributed by atoms with E-state index in [2.05, 4.69) is 50.8 Å². The molecule has 1 heteroatoms. The number of hydrogen-bond donors (Lipinski definition) is 0. The van der Waals surface area contributed by atoms with Crippen molar-refractivity contribution in [3.63, 3.8) is 0 Å². The monoisotopic (exact) mass is 216 g/mol. The third kappa shape index (κ3) is 1.92. The van der Waals surface area contributed by atoms with Crippen molar-refractivity contribution < 1.29 is 4.74 Å². The van der Waals surface area contributed by atoms with Crippen LogP contribution in [0.25, 0.3) is 0 Å². The van der Waals surface area contributed by atoms with E-state index in [1.807, 2.05) is 0 Å². The predicted molar refractivity (Wildman–Crippen MR) is 67.3 cm³/mol. The summed E-state index contributed by atoms with van der Waals surface area (Å²) in [6.07, 6.45) is 2.02. The Morgan fingerprint density at radius 3 is 2.56 bits per heavy atom. The summed E-state index contributed by atoms with van der Waals surface area (Å²) in [7, 11) is 0. The second kappa shape index (κ2) is 4.42. The minimum atomic E-state index is -0.119. The lowest BCUT2D eigenvalue weighted by atomic mass is 9.91. The molecule has 2 rings (SSSR count). The Morgan fingerprint density at radius 1 is 1.38 bits per heavy atom. The molecule has 1 aromatic rings. The number of hydrogen-bond acceptors (Lipinski definition) is 1. The van der Waals surface area contributed by atoms with Crippen LogP contribution < -0.4 is 0 Å². The van der Waals surface area contributed by atoms with Crippen LogP contribution in [0.4, 0.5) is 0 Å². The molecule has 1 aliphatic rings. The second-order valence-corrected chi connectivity index (χ2v) is 4.73. The molecule has 0 radical (unpaired) electrons. The Labute approximate surface area is 98.1 Å². The third-order valence-corrected chi connectivity index (χ3v) is 3.57. The van der Waals surface area contributed by atoms with E-state index in [1.165, 1.54) is 11.1 Å². The maximum atomic E-state index is 6.06. The molecule has 1 aromatic carbocycles. The fourth-order valence-electron chi connectivity index (χ4n) is 2.68. The minimum absolute atomic E-state index is 0.119. The fraction of sp³-hybridized carbons (Fsp3) is 0.467. The lowest BCUT2D eigenvalue weighted by Gasteiger charge is -2.29. The highest BCUT2D eigenvalue weighted by Gasteiger charge is 2.41. The van der Waals surface area contributed by atoms with Crippen molar-refractivity contribution in [2.45, 2.75) is 32.3 Å². The van der Waals surface area contributed by atoms with Crippen LogP contribution in [-0.2, 0) is 10.3 Å². The quantitative estimate of drug-likeness (QED) is 0.696. The second-order valence-electron chi connectivity index (χ2n) is 4.73. The van der Waals surface area contributed by atoms with Gasteiger partial charge in [-0.1, -0.05) is 49.4 Å². The van der Waals surface area contributed by atoms with Gasteiger partial charge in [-0.2, -0.15) is 0 Å². The average molecular weight is 216 g/mol. The van der Waals surface area contributed by atoms with Crippen LogP contribution in [-0.4, -0.2) is 6.61 Å². The van der Waals surface area contributed by atoms with Gasteiger partial charge < -0.3 is 4.74 Å². The molecule has 0 bridgehead atoms. The van der Waals surface area contributed by atoms with Gasteiger partial charge in [-0.25, -0.2) is 0 Å². The van der Waals surface area contributed by atoms with Crippen LogP contribution in [0.1, 0.15) is 32.3 Å². The SMILES string of the molecule is C=C1C[C@](OCC)(c2ccccc2)C[C@@H]1C. The average Bonchev–Trinajstić information content (AvgIpc) is 2.57. The molecule has 0 N–H and O–H groups in total. The number of ether oxygens (including phenoxy) is 1. The summed E-state index contributed by atoms with van der Waals surface area (Å²) in [5, 5.41) is 0. The first kappa shape index (κ1) is 11.4. The highest BCUT2D eigenvalue weighted by Crippen LogP contribution is 2.47. The van der Waals surface area contributed by atoms with Crippen LogP contribution in [0.3, 0.4) is 0 Å². The molecule has 0 aliphatic heterocycles. The van der Waals surface area contributed by atoms with Crippen molar-refractivity contribution in [2.75, 3.05) is 6.61 Å². The van der Waals surface area contributed by atoms with Crippen molar-refractivity contribution in [3.8, 4) is 0 Å². The predicted octanol–water partition coefficient (Wildman–Crippen LogP) is 3.90. The highest BCUT2D eigenvalue weighted by molar-refractivity contribution is 5.29. The first-order valence-corrected chi connectivity index (χ1v) is 6.05. The summed E-state index contributed by atoms with van der Waals surface area (Å²) in [5.41, 5.74) is 2.49. The molecule has 0 amide bonds. The molecule has 16 heavy (non-hydrogen) atoms. The van der Waals surface area contributed by atoms with E-state index in [1.54, 1.807) is 0 Å². The molecule has 1 aliphatic carbocycles. The Hall–Kier alpha value is -1.08. The van der Waals surface area contributed by atoms with E-state index in [-0.39, 0.29) is 5.60 Å². The summed E-state index contributed by atoms with van der Waals surface area (Å²) in [6.45, 7) is 9.23. The van der Waals surface area contributed by atoms with Crippen LogP contribution in [0, 0.1) is 5.92 Å². The van der Waals surface area contributed by atoms with Gasteiger partial charge in [0.2, 0.25) is 0 Å². The highest BCUT2D eigenvalue weighted by atomic mass is 16.5. The summed E-state index contributed by atoms with van der Waals surface area (Å²) < 4.78 is 6.06. The van der Waals surface area contributed by atoms with Crippen molar-refractivity contribution in [2.24, 2.45) is 5.92 Å². The molecule has 1 nitrogen and oxygen atoms in total. The molecule has 0 aromatic heterocycles. The van der Waals surface area contributed by atoms with Crippen LogP contribution in [0.15, 0.2) is 42.5 Å². The third-order valence-electron chi connectivity index (χ3n) is 3.57. The molecular formula is C15H20O. The van der Waals surface area contributed by atoms with Crippen LogP contribution in [0.5, 0.6) is 0 Å². The van der Waals surface area contributed by atoms with Crippen molar-refractivity contribution >= 4 is 0 Å². The molecule has 0 unspecified atom stereocenters. The molecular weight excluding hydrogens is 196 g/mol. The van der Waals surface area contributed by atoms with Crippen molar-refractivity contribution in [1.82, 2.24) is 0 Å². The summed E-state index contributed by atoms with van der Waals surface area (Å²) in [6, 6.07) is 10.6. The summed E-state index contributed by atoms with van der Waals surface area (Å²) in [5.74, 6) is 0.562. The van der Waals surface area contributed by atoms with Gasteiger partial charge in [-0.15, -0.1) is 0 Å². The van der Waals surface area contributed by atoms with Gasteiger partial charge >= 0.3 is 0 Å². The maximum absolute atomic E-state index is 6.06. The van der Waals surface area contributed by atoms with Crippen LogP contribution >= 0.6 is 0 Å². The topological polar surface area (TPSA) is 9.23 Å². The largest absolute Gasteiger partial charge is 0.370 e. The zero-order valence-corrected chi connectivity index (χ0v) is 10.2. The van der Waals surface area contributed by atoms with Crippen molar-refractivity contribution in [3.05, 3.63) is 48.0 Å². The molecule has 86 valence electrons. The van der Waals surface area contributed by atoms with Gasteiger partial charge in [0.25, 0.3) is 0 Å². The molecule has 0 saturated heterocycles. The van der Waals surface area contributed by atoms with Crippen molar-refractivity contribution in [1.29, 1.82) is 0 Å². The Morgan fingerprint density at radius 2 is 2.06 bits per heavy atom. The van der Waals surface area contributed by atoms with Gasteiger partial charge in [0.1, 0.15) is 0 Å². The van der Waals surface area contributed by atoms with E-state index in [0.29, 0.717) is 5.92 Å². The molecule has 0 spiro atoms. The summed E-state index contributed by atoms with van der Waals surface area (Å²) in [4.78, 5) is 0. The lowest BCUT2D eigenvalue weighted by molar-refractivity contribution is -0.0399. The zero-order chi connectivity index (χ0) is 11.6. The first-order chi connectivity index (χ1) is 7.68. The van der Waals surface area contributed by atoms with E-state index in [0.717, 1.165) is 19.4 Å². The molecule has 1 fully saturated rings. The van der Waals surface area contributed by atoms with Gasteiger partial charge in [-0.3, -0.25) is 0 Å². The number of benzene rings is 1. The maximum Gasteiger partial charge on any atom is 0.0973 e. The summed E-state index contributed by atoms with van der Waals surface area (Å²) >= 11 is 0. The van der Waals surface area contributed by atoms with E-state index < -0.39 is 0 Å². The normalized spacial score (nSPS) is 29.6. The smallest absolute Gasteiger partial charge is 0.0973 e. The van der Waals surface area contributed by atoms with Gasteiger partial charge in [0.15, 0.2) is 0 Å². The van der Waals surface area contributed by atoms with Gasteiger partial charge in [0.05, 0.1) is 5.60 Å². The molecule has 1 saturated carbocycles. The standard InChI is InChI=1S/C15H20O/c1-4-16-15(10-12(2)13(3)11-15)14-8-6-5-7-9-14/h5-9,13H,2,4,10-11H2,1,3H3/t13-,15+/m0/s1. The Kier molecular flexibility index (Phi) is 3.15. The van der Waals surface area contributed by atoms with Gasteiger partial charge in [0, 0.05) is 13.0 Å². The molecule has 2 atom stereocenters. The zero-order valence-electron chi connectivity index (χ0n) is 10.2.